The van der Waals surface area contributed by atoms with Crippen molar-refractivity contribution in [2.75, 3.05) is 11.8 Å². The Hall–Kier alpha value is -4.22. The van der Waals surface area contributed by atoms with E-state index in [1.807, 2.05) is 0 Å². The minimum atomic E-state index is -4.00. The van der Waals surface area contributed by atoms with Gasteiger partial charge in [0, 0.05) is 5.56 Å². The molecule has 3 aromatic carbocycles. The highest BCUT2D eigenvalue weighted by atomic mass is 35.5. The second kappa shape index (κ2) is 10.8. The van der Waals surface area contributed by atoms with Crippen molar-refractivity contribution < 1.29 is 22.3 Å². The number of hydrazone groups is 1. The summed E-state index contributed by atoms with van der Waals surface area (Å²) >= 11 is 6.42. The van der Waals surface area contributed by atoms with Crippen LogP contribution in [-0.4, -0.2) is 37.4 Å². The zero-order valence-electron chi connectivity index (χ0n) is 19.6. The number of halogens is 2. The Morgan fingerprint density at radius 2 is 1.84 bits per heavy atom. The summed E-state index contributed by atoms with van der Waals surface area (Å²) in [6, 6.07) is 17.7. The van der Waals surface area contributed by atoms with Crippen LogP contribution in [0.15, 0.2) is 82.8 Å². The molecule has 1 aromatic heterocycles. The molecule has 0 bridgehead atoms. The van der Waals surface area contributed by atoms with Crippen molar-refractivity contribution >= 4 is 39.4 Å². The lowest BCUT2D eigenvalue weighted by Crippen LogP contribution is -2.19. The molecule has 0 spiro atoms. The summed E-state index contributed by atoms with van der Waals surface area (Å²) in [5.74, 6) is -0.669. The Morgan fingerprint density at radius 1 is 1.11 bits per heavy atom. The summed E-state index contributed by atoms with van der Waals surface area (Å²) in [6.45, 7) is 1.71. The quantitative estimate of drug-likeness (QED) is 0.251. The zero-order chi connectivity index (χ0) is 26.6. The number of hydrogen-bond acceptors (Lipinski definition) is 6. The third kappa shape index (κ3) is 5.79. The molecule has 0 fully saturated rings. The van der Waals surface area contributed by atoms with Crippen LogP contribution >= 0.6 is 11.6 Å². The molecule has 0 atom stereocenters. The third-order valence-electron chi connectivity index (χ3n) is 5.24. The van der Waals surface area contributed by atoms with Crippen molar-refractivity contribution in [3.63, 3.8) is 0 Å². The van der Waals surface area contributed by atoms with Gasteiger partial charge in [-0.15, -0.1) is 0 Å². The van der Waals surface area contributed by atoms with Crippen molar-refractivity contribution in [2.24, 2.45) is 5.10 Å². The van der Waals surface area contributed by atoms with Gasteiger partial charge in [0.15, 0.2) is 0 Å². The van der Waals surface area contributed by atoms with E-state index < -0.39 is 15.9 Å². The lowest BCUT2D eigenvalue weighted by Gasteiger charge is -2.12. The number of rotatable bonds is 8. The topological polar surface area (TPSA) is 115 Å². The standard InChI is InChI=1S/C25H21ClFN5O4S/c1-16-21(24(26)32(30-16)19-12-10-18(27)11-13-19)15-28-29-25(33)17-6-5-7-20(14-17)37(34,35)31-22-8-3-4-9-23(22)36-2/h3-15,31H,1-2H3,(H,29,33). The second-order valence-corrected chi connectivity index (χ2v) is 9.75. The molecule has 1 amide bonds. The molecular weight excluding hydrogens is 521 g/mol. The number of anilines is 1. The first-order valence-electron chi connectivity index (χ1n) is 10.8. The Balaban J connectivity index is 1.49. The fourth-order valence-corrected chi connectivity index (χ4v) is 4.81. The molecule has 1 heterocycles. The molecule has 12 heteroatoms. The largest absolute Gasteiger partial charge is 0.495 e. The highest BCUT2D eigenvalue weighted by molar-refractivity contribution is 7.92. The third-order valence-corrected chi connectivity index (χ3v) is 6.96. The zero-order valence-corrected chi connectivity index (χ0v) is 21.2. The number of aromatic nitrogens is 2. The fourth-order valence-electron chi connectivity index (χ4n) is 3.37. The Labute approximate surface area is 217 Å². The number of para-hydroxylation sites is 2. The van der Waals surface area contributed by atoms with Crippen LogP contribution in [0.2, 0.25) is 5.15 Å². The van der Waals surface area contributed by atoms with E-state index >= 15 is 0 Å². The maximum Gasteiger partial charge on any atom is 0.271 e. The van der Waals surface area contributed by atoms with Crippen molar-refractivity contribution in [1.29, 1.82) is 0 Å². The van der Waals surface area contributed by atoms with Crippen LogP contribution in [0, 0.1) is 12.7 Å². The van der Waals surface area contributed by atoms with Gasteiger partial charge in [0.25, 0.3) is 15.9 Å². The van der Waals surface area contributed by atoms with Crippen molar-refractivity contribution in [3.05, 3.63) is 101 Å². The van der Waals surface area contributed by atoms with E-state index in [9.17, 15) is 17.6 Å². The van der Waals surface area contributed by atoms with Crippen molar-refractivity contribution in [3.8, 4) is 11.4 Å². The molecule has 0 aliphatic rings. The number of amides is 1. The first-order chi connectivity index (χ1) is 17.7. The van der Waals surface area contributed by atoms with Gasteiger partial charge in [0.1, 0.15) is 16.7 Å². The number of carbonyl (C=O) groups is 1. The number of nitrogens with zero attached hydrogens (tertiary/aromatic N) is 3. The van der Waals surface area contributed by atoms with Gasteiger partial charge in [-0.3, -0.25) is 9.52 Å². The molecule has 0 aliphatic carbocycles. The van der Waals surface area contributed by atoms with Crippen LogP contribution in [0.25, 0.3) is 5.69 Å². The molecular formula is C25H21ClFN5O4S. The molecule has 0 saturated heterocycles. The first kappa shape index (κ1) is 25.9. The van der Waals surface area contributed by atoms with E-state index in [0.717, 1.165) is 0 Å². The van der Waals surface area contributed by atoms with Gasteiger partial charge in [0.05, 0.1) is 40.9 Å². The molecule has 190 valence electrons. The molecule has 0 saturated carbocycles. The summed E-state index contributed by atoms with van der Waals surface area (Å²) in [5, 5.41) is 8.49. The van der Waals surface area contributed by atoms with Gasteiger partial charge in [-0.1, -0.05) is 29.8 Å². The normalized spacial score (nSPS) is 11.5. The van der Waals surface area contributed by atoms with Crippen LogP contribution in [0.5, 0.6) is 5.75 Å². The summed E-state index contributed by atoms with van der Waals surface area (Å²) in [7, 11) is -2.57. The van der Waals surface area contributed by atoms with Gasteiger partial charge in [-0.25, -0.2) is 22.9 Å². The van der Waals surface area contributed by atoms with E-state index in [0.29, 0.717) is 22.7 Å². The molecule has 0 radical (unpaired) electrons. The number of benzene rings is 3. The molecule has 0 unspecified atom stereocenters. The SMILES string of the molecule is COc1ccccc1NS(=O)(=O)c1cccc(C(=O)NN=Cc2c(C)nn(-c3ccc(F)cc3)c2Cl)c1. The number of carbonyl (C=O) groups excluding carboxylic acids is 1. The Bertz CT molecular complexity index is 1590. The van der Waals surface area contributed by atoms with Crippen molar-refractivity contribution in [1.82, 2.24) is 15.2 Å². The number of sulfonamides is 1. The highest BCUT2D eigenvalue weighted by Crippen LogP contribution is 2.26. The van der Waals surface area contributed by atoms with Gasteiger partial charge in [-0.05, 0) is 61.5 Å². The van der Waals surface area contributed by atoms with Gasteiger partial charge >= 0.3 is 0 Å². The molecule has 4 rings (SSSR count). The minimum absolute atomic E-state index is 0.0740. The smallest absolute Gasteiger partial charge is 0.271 e. The van der Waals surface area contributed by atoms with E-state index in [1.165, 1.54) is 66.5 Å². The summed E-state index contributed by atoms with van der Waals surface area (Å²) in [6.07, 6.45) is 1.33. The summed E-state index contributed by atoms with van der Waals surface area (Å²) in [4.78, 5) is 12.5. The first-order valence-corrected chi connectivity index (χ1v) is 12.7. The van der Waals surface area contributed by atoms with Crippen molar-refractivity contribution in [2.45, 2.75) is 11.8 Å². The molecule has 0 aliphatic heterocycles. The number of hydrogen-bond donors (Lipinski definition) is 2. The monoisotopic (exact) mass is 541 g/mol. The van der Waals surface area contributed by atoms with Crippen LogP contribution < -0.4 is 14.9 Å². The van der Waals surface area contributed by atoms with Crippen LogP contribution in [-0.2, 0) is 10.0 Å². The number of methoxy groups -OCH3 is 1. The van der Waals surface area contributed by atoms with E-state index in [4.69, 9.17) is 16.3 Å². The fraction of sp³-hybridized carbons (Fsp3) is 0.0800. The van der Waals surface area contributed by atoms with Crippen LogP contribution in [0.4, 0.5) is 10.1 Å². The molecule has 37 heavy (non-hydrogen) atoms. The average Bonchev–Trinajstić information content (AvgIpc) is 3.17. The Kier molecular flexibility index (Phi) is 7.55. The van der Waals surface area contributed by atoms with E-state index in [1.54, 1.807) is 31.2 Å². The van der Waals surface area contributed by atoms with Crippen LogP contribution in [0.3, 0.4) is 0 Å². The lowest BCUT2D eigenvalue weighted by atomic mass is 10.2. The second-order valence-electron chi connectivity index (χ2n) is 7.71. The summed E-state index contributed by atoms with van der Waals surface area (Å²) in [5.41, 5.74) is 4.22. The number of aryl methyl sites for hydroxylation is 1. The van der Waals surface area contributed by atoms with Gasteiger partial charge < -0.3 is 4.74 Å². The highest BCUT2D eigenvalue weighted by Gasteiger charge is 2.18. The predicted molar refractivity (Wildman–Crippen MR) is 139 cm³/mol. The average molecular weight is 542 g/mol. The van der Waals surface area contributed by atoms with E-state index in [2.05, 4.69) is 20.3 Å². The molecule has 2 N–H and O–H groups in total. The van der Waals surface area contributed by atoms with E-state index in [-0.39, 0.29) is 27.1 Å². The number of ether oxygens (including phenoxy) is 1. The predicted octanol–water partition coefficient (Wildman–Crippen LogP) is 4.55. The number of nitrogens with one attached hydrogen (secondary N) is 2. The lowest BCUT2D eigenvalue weighted by molar-refractivity contribution is 0.0955. The maximum absolute atomic E-state index is 13.2. The minimum Gasteiger partial charge on any atom is -0.495 e. The molecule has 9 nitrogen and oxygen atoms in total. The maximum atomic E-state index is 13.2. The van der Waals surface area contributed by atoms with Gasteiger partial charge in [0.2, 0.25) is 0 Å². The molecule has 4 aromatic rings. The Morgan fingerprint density at radius 3 is 2.57 bits per heavy atom. The van der Waals surface area contributed by atoms with Crippen LogP contribution in [0.1, 0.15) is 21.6 Å². The van der Waals surface area contributed by atoms with Gasteiger partial charge in [-0.2, -0.15) is 10.2 Å². The summed E-state index contributed by atoms with van der Waals surface area (Å²) < 4.78 is 48.0.